The van der Waals surface area contributed by atoms with Gasteiger partial charge >= 0.3 is 0 Å². The van der Waals surface area contributed by atoms with Crippen molar-refractivity contribution in [2.45, 2.75) is 63.5 Å². The van der Waals surface area contributed by atoms with Crippen molar-refractivity contribution in [2.24, 2.45) is 0 Å². The minimum atomic E-state index is -1.33. The number of rotatable bonds is 9. The maximum Gasteiger partial charge on any atom is 0.270 e. The summed E-state index contributed by atoms with van der Waals surface area (Å²) >= 11 is 0. The van der Waals surface area contributed by atoms with Gasteiger partial charge in [-0.1, -0.05) is 54.6 Å². The Bertz CT molecular complexity index is 1680. The largest absolute Gasteiger partial charge is 0.396 e. The van der Waals surface area contributed by atoms with E-state index in [0.717, 1.165) is 53.9 Å². The van der Waals surface area contributed by atoms with Crippen LogP contribution >= 0.6 is 0 Å². The molecule has 45 heavy (non-hydrogen) atoms. The quantitative estimate of drug-likeness (QED) is 0.255. The van der Waals surface area contributed by atoms with Crippen LogP contribution in [0.2, 0.25) is 0 Å². The van der Waals surface area contributed by atoms with Gasteiger partial charge in [-0.25, -0.2) is 13.5 Å². The van der Waals surface area contributed by atoms with Gasteiger partial charge in [-0.3, -0.25) is 14.7 Å². The lowest BCUT2D eigenvalue weighted by Gasteiger charge is -2.30. The number of aliphatic hydroxyl groups excluding tert-OH is 1. The minimum absolute atomic E-state index is 0.0284. The number of aromatic nitrogens is 2. The van der Waals surface area contributed by atoms with Crippen molar-refractivity contribution in [3.05, 3.63) is 108 Å². The number of amides is 1. The fourth-order valence-electron chi connectivity index (χ4n) is 6.38. The highest BCUT2D eigenvalue weighted by Crippen LogP contribution is 2.44. The number of pyridine rings is 2. The van der Waals surface area contributed by atoms with E-state index in [1.165, 1.54) is 5.56 Å². The van der Waals surface area contributed by atoms with Crippen LogP contribution in [0.25, 0.3) is 22.4 Å². The van der Waals surface area contributed by atoms with E-state index in [-0.39, 0.29) is 24.6 Å². The average molecular weight is 624 g/mol. The average Bonchev–Trinajstić information content (AvgIpc) is 3.64. The highest BCUT2D eigenvalue weighted by molar-refractivity contribution is 7.84. The molecule has 1 amide bonds. The number of aliphatic hydroxyl groups is 1. The molecule has 0 radical (unpaired) electrons. The lowest BCUT2D eigenvalue weighted by atomic mass is 9.94. The van der Waals surface area contributed by atoms with E-state index in [1.807, 2.05) is 73.7 Å². The summed E-state index contributed by atoms with van der Waals surface area (Å²) in [7, 11) is -1.33. The van der Waals surface area contributed by atoms with Gasteiger partial charge in [0.25, 0.3) is 5.91 Å². The summed E-state index contributed by atoms with van der Waals surface area (Å²) in [5.41, 5.74) is 6.98. The lowest BCUT2D eigenvalue weighted by Crippen LogP contribution is -2.37. The van der Waals surface area contributed by atoms with Gasteiger partial charge < -0.3 is 10.4 Å². The van der Waals surface area contributed by atoms with Gasteiger partial charge in [0.2, 0.25) is 0 Å². The number of nitrogens with one attached hydrogen (secondary N) is 1. The molecule has 2 aliphatic rings. The van der Waals surface area contributed by atoms with Crippen LogP contribution in [0, 0.1) is 0 Å². The Morgan fingerprint density at radius 1 is 1.02 bits per heavy atom. The summed E-state index contributed by atoms with van der Waals surface area (Å²) in [5.74, 6) is -0.205. The Labute approximate surface area is 268 Å². The maximum absolute atomic E-state index is 13.8. The molecule has 234 valence electrons. The number of carbonyl (C=O) groups is 1. The van der Waals surface area contributed by atoms with Crippen molar-refractivity contribution >= 4 is 16.9 Å². The van der Waals surface area contributed by atoms with E-state index in [1.54, 1.807) is 6.20 Å². The monoisotopic (exact) mass is 623 g/mol. The van der Waals surface area contributed by atoms with Crippen molar-refractivity contribution in [2.75, 3.05) is 19.7 Å². The smallest absolute Gasteiger partial charge is 0.270 e. The molecule has 9 heteroatoms. The molecular weight excluding hydrogens is 582 g/mol. The molecule has 2 aromatic carbocycles. The van der Waals surface area contributed by atoms with Crippen LogP contribution in [0.5, 0.6) is 0 Å². The van der Waals surface area contributed by atoms with Crippen LogP contribution in [0.4, 0.5) is 0 Å². The number of benzene rings is 2. The van der Waals surface area contributed by atoms with Gasteiger partial charge in [-0.15, -0.1) is 0 Å². The third-order valence-electron chi connectivity index (χ3n) is 8.51. The van der Waals surface area contributed by atoms with Gasteiger partial charge in [-0.2, -0.15) is 0 Å². The van der Waals surface area contributed by atoms with Crippen molar-refractivity contribution < 1.29 is 14.1 Å². The van der Waals surface area contributed by atoms with Crippen molar-refractivity contribution in [1.29, 1.82) is 0 Å². The van der Waals surface area contributed by atoms with Gasteiger partial charge in [0.05, 0.1) is 16.5 Å². The molecule has 2 N–H and O–H groups in total. The first-order valence-corrected chi connectivity index (χ1v) is 16.7. The Morgan fingerprint density at radius 2 is 1.80 bits per heavy atom. The first-order valence-electron chi connectivity index (χ1n) is 15.6. The number of fused-ring (bicyclic) bond motifs is 1. The highest BCUT2D eigenvalue weighted by Gasteiger charge is 2.40. The third-order valence-corrected chi connectivity index (χ3v) is 10.4. The predicted octanol–water partition coefficient (Wildman–Crippen LogP) is 5.52. The molecule has 2 aliphatic heterocycles. The van der Waals surface area contributed by atoms with Crippen molar-refractivity contribution in [3.8, 4) is 22.4 Å². The van der Waals surface area contributed by atoms with Gasteiger partial charge in [0.1, 0.15) is 16.7 Å². The Balaban J connectivity index is 1.34. The van der Waals surface area contributed by atoms with Crippen LogP contribution in [0.3, 0.4) is 0 Å². The van der Waals surface area contributed by atoms with Crippen LogP contribution < -0.4 is 5.32 Å². The summed E-state index contributed by atoms with van der Waals surface area (Å²) in [6, 6.07) is 24.0. The van der Waals surface area contributed by atoms with E-state index in [4.69, 9.17) is 4.98 Å². The third kappa shape index (κ3) is 6.92. The van der Waals surface area contributed by atoms with Crippen LogP contribution in [-0.2, 0) is 24.1 Å². The Morgan fingerprint density at radius 3 is 2.53 bits per heavy atom. The summed E-state index contributed by atoms with van der Waals surface area (Å²) in [5, 5.41) is 13.4. The Hall–Kier alpha value is -3.76. The van der Waals surface area contributed by atoms with Crippen molar-refractivity contribution in [3.63, 3.8) is 0 Å². The molecule has 0 unspecified atom stereocenters. The number of nitrogens with zero attached hydrogens (tertiary/aromatic N) is 4. The summed E-state index contributed by atoms with van der Waals surface area (Å²) in [4.78, 5) is 25.5. The molecular formula is C36H41N5O3S. The standard InChI is InChI=1S/C36H41N5O3S/c1-36(2,3)45(44)41-23-29-20-31(35(43)38-30-14-17-40(24-30)22-25-9-5-4-6-10-25)39-34(33(29)32(41)15-18-42)27-12-7-11-26(19-27)28-13-8-16-37-21-28/h4-13,16,19-21,30,32,42H,14-15,17-18,22-24H2,1-3H3,(H,38,43)/t30-,32-,45-/m0/s1. The van der Waals surface area contributed by atoms with Crippen molar-refractivity contribution in [1.82, 2.24) is 24.5 Å². The van der Waals surface area contributed by atoms with E-state index in [0.29, 0.717) is 24.4 Å². The second-order valence-electron chi connectivity index (χ2n) is 12.9. The van der Waals surface area contributed by atoms with E-state index in [9.17, 15) is 14.1 Å². The molecule has 0 bridgehead atoms. The summed E-state index contributed by atoms with van der Waals surface area (Å²) < 4.78 is 15.2. The molecule has 0 spiro atoms. The Kier molecular flexibility index (Phi) is 9.23. The fourth-order valence-corrected chi connectivity index (χ4v) is 7.78. The zero-order valence-electron chi connectivity index (χ0n) is 26.1. The van der Waals surface area contributed by atoms with Gasteiger partial charge in [-0.05, 0) is 68.5 Å². The normalized spacial score (nSPS) is 19.4. The highest BCUT2D eigenvalue weighted by atomic mass is 32.2. The predicted molar refractivity (Wildman–Crippen MR) is 178 cm³/mol. The number of hydrogen-bond acceptors (Lipinski definition) is 6. The molecule has 2 aromatic heterocycles. The fraction of sp³-hybridized carbons (Fsp3) is 0.361. The summed E-state index contributed by atoms with van der Waals surface area (Å²) in [6.45, 7) is 8.79. The van der Waals surface area contributed by atoms with E-state index < -0.39 is 15.7 Å². The number of likely N-dealkylation sites (tertiary alicyclic amines) is 1. The van der Waals surface area contributed by atoms with E-state index >= 15 is 0 Å². The molecule has 4 heterocycles. The first kappa shape index (κ1) is 31.2. The number of carbonyl (C=O) groups excluding carboxylic acids is 1. The molecule has 8 nitrogen and oxygen atoms in total. The van der Waals surface area contributed by atoms with E-state index in [2.05, 4.69) is 45.5 Å². The topological polar surface area (TPSA) is 98.7 Å². The zero-order chi connectivity index (χ0) is 31.6. The second kappa shape index (κ2) is 13.3. The minimum Gasteiger partial charge on any atom is -0.396 e. The van der Waals surface area contributed by atoms with Gasteiger partial charge in [0.15, 0.2) is 0 Å². The number of hydrogen-bond donors (Lipinski definition) is 2. The first-order chi connectivity index (χ1) is 21.7. The van der Waals surface area contributed by atoms with Crippen LogP contribution in [-0.4, -0.2) is 64.9 Å². The molecule has 0 saturated carbocycles. The molecule has 4 aromatic rings. The van der Waals surface area contributed by atoms with Gasteiger partial charge in [0, 0.05) is 67.9 Å². The molecule has 3 atom stereocenters. The molecule has 1 fully saturated rings. The summed E-state index contributed by atoms with van der Waals surface area (Å²) in [6.07, 6.45) is 4.86. The second-order valence-corrected chi connectivity index (χ2v) is 15.1. The lowest BCUT2D eigenvalue weighted by molar-refractivity contribution is 0.0932. The zero-order valence-corrected chi connectivity index (χ0v) is 27.0. The maximum atomic E-state index is 13.8. The molecule has 1 saturated heterocycles. The molecule has 0 aliphatic carbocycles. The molecule has 6 rings (SSSR count). The van der Waals surface area contributed by atoms with Crippen LogP contribution in [0.15, 0.2) is 85.2 Å². The van der Waals surface area contributed by atoms with Crippen LogP contribution in [0.1, 0.15) is 66.8 Å². The SMILES string of the molecule is CC(C)(C)[S@](=O)N1Cc2cc(C(=O)N[C@H]3CCN(Cc4ccccc4)C3)nc(-c3cccc(-c4cccnc4)c3)c2[C@@H]1CCO.